The van der Waals surface area contributed by atoms with Crippen molar-refractivity contribution in [3.8, 4) is 17.2 Å². The van der Waals surface area contributed by atoms with Gasteiger partial charge < -0.3 is 9.47 Å². The maximum Gasteiger partial charge on any atom is 0.131 e. The van der Waals surface area contributed by atoms with E-state index in [4.69, 9.17) is 32.7 Å². The van der Waals surface area contributed by atoms with Crippen molar-refractivity contribution in [2.45, 2.75) is 12.8 Å². The van der Waals surface area contributed by atoms with E-state index >= 15 is 0 Å². The number of benzene rings is 2. The van der Waals surface area contributed by atoms with E-state index in [2.05, 4.69) is 0 Å². The Morgan fingerprint density at radius 2 is 1.74 bits per heavy atom. The van der Waals surface area contributed by atoms with Crippen LogP contribution in [0.4, 0.5) is 0 Å². The molecular formula is C15H14Cl2O2. The summed E-state index contributed by atoms with van der Waals surface area (Å²) in [6.07, 6.45) is 0. The first-order chi connectivity index (χ1) is 9.22. The molecule has 0 amide bonds. The molecule has 19 heavy (non-hydrogen) atoms. The molecular weight excluding hydrogens is 283 g/mol. The highest BCUT2D eigenvalue weighted by molar-refractivity contribution is 6.32. The second kappa shape index (κ2) is 6.69. The third kappa shape index (κ3) is 3.79. The van der Waals surface area contributed by atoms with E-state index in [-0.39, 0.29) is 0 Å². The summed E-state index contributed by atoms with van der Waals surface area (Å²) < 4.78 is 11.2. The van der Waals surface area contributed by atoms with E-state index in [0.29, 0.717) is 29.0 Å². The zero-order valence-corrected chi connectivity index (χ0v) is 12.0. The smallest absolute Gasteiger partial charge is 0.131 e. The van der Waals surface area contributed by atoms with Crippen LogP contribution in [0.5, 0.6) is 17.2 Å². The predicted molar refractivity (Wildman–Crippen MR) is 78.7 cm³/mol. The minimum absolute atomic E-state index is 0.388. The van der Waals surface area contributed by atoms with Gasteiger partial charge in [-0.15, -0.1) is 11.6 Å². The average molecular weight is 297 g/mol. The number of hydrogen-bond acceptors (Lipinski definition) is 2. The van der Waals surface area contributed by atoms with Crippen LogP contribution in [0.1, 0.15) is 12.5 Å². The van der Waals surface area contributed by atoms with E-state index in [1.807, 2.05) is 43.3 Å². The number of ether oxygens (including phenoxy) is 2. The maximum atomic E-state index is 6.09. The predicted octanol–water partition coefficient (Wildman–Crippen LogP) is 5.27. The van der Waals surface area contributed by atoms with Gasteiger partial charge in [0, 0.05) is 17.0 Å². The minimum Gasteiger partial charge on any atom is -0.494 e. The van der Waals surface area contributed by atoms with Gasteiger partial charge >= 0.3 is 0 Å². The molecule has 2 aromatic rings. The van der Waals surface area contributed by atoms with Crippen LogP contribution in [0.25, 0.3) is 0 Å². The third-order valence-electron chi connectivity index (χ3n) is 2.52. The first-order valence-corrected chi connectivity index (χ1v) is 6.89. The summed E-state index contributed by atoms with van der Waals surface area (Å²) in [5.74, 6) is 2.55. The second-order valence-corrected chi connectivity index (χ2v) is 4.57. The monoisotopic (exact) mass is 296 g/mol. The lowest BCUT2D eigenvalue weighted by molar-refractivity contribution is 0.338. The topological polar surface area (TPSA) is 18.5 Å². The van der Waals surface area contributed by atoms with Gasteiger partial charge in [-0.1, -0.05) is 23.7 Å². The molecule has 0 heterocycles. The molecule has 100 valence electrons. The largest absolute Gasteiger partial charge is 0.494 e. The Balaban J connectivity index is 2.16. The van der Waals surface area contributed by atoms with Crippen molar-refractivity contribution in [1.82, 2.24) is 0 Å². The molecule has 0 saturated carbocycles. The molecule has 0 atom stereocenters. The minimum atomic E-state index is 0.388. The van der Waals surface area contributed by atoms with Crippen LogP contribution >= 0.6 is 23.2 Å². The molecule has 0 aliphatic heterocycles. The van der Waals surface area contributed by atoms with Crippen LogP contribution in [0.3, 0.4) is 0 Å². The van der Waals surface area contributed by atoms with E-state index in [0.717, 1.165) is 11.3 Å². The molecule has 0 unspecified atom stereocenters. The van der Waals surface area contributed by atoms with Gasteiger partial charge in [-0.3, -0.25) is 0 Å². The number of rotatable bonds is 5. The molecule has 2 rings (SSSR count). The summed E-state index contributed by atoms with van der Waals surface area (Å²) in [6, 6.07) is 12.9. The molecule has 0 aliphatic rings. The molecule has 2 aromatic carbocycles. The lowest BCUT2D eigenvalue weighted by atomic mass is 10.2. The van der Waals surface area contributed by atoms with Gasteiger partial charge in [-0.2, -0.15) is 0 Å². The summed E-state index contributed by atoms with van der Waals surface area (Å²) >= 11 is 11.8. The quantitative estimate of drug-likeness (QED) is 0.700. The van der Waals surface area contributed by atoms with Crippen molar-refractivity contribution in [2.75, 3.05) is 6.61 Å². The zero-order chi connectivity index (χ0) is 13.7. The average Bonchev–Trinajstić information content (AvgIpc) is 2.40. The van der Waals surface area contributed by atoms with E-state index in [1.54, 1.807) is 6.07 Å². The first kappa shape index (κ1) is 14.0. The lowest BCUT2D eigenvalue weighted by Crippen LogP contribution is -1.92. The van der Waals surface area contributed by atoms with Gasteiger partial charge in [0.1, 0.15) is 17.2 Å². The van der Waals surface area contributed by atoms with Crippen molar-refractivity contribution in [1.29, 1.82) is 0 Å². The zero-order valence-electron chi connectivity index (χ0n) is 10.5. The standard InChI is InChI=1S/C15H14Cl2O2/c1-2-18-12-4-3-5-13(8-12)19-14-7-6-11(10-16)15(17)9-14/h3-9H,2,10H2,1H3. The highest BCUT2D eigenvalue weighted by atomic mass is 35.5. The van der Waals surface area contributed by atoms with Gasteiger partial charge in [0.05, 0.1) is 6.61 Å². The molecule has 0 fully saturated rings. The number of alkyl halides is 1. The fourth-order valence-electron chi connectivity index (χ4n) is 1.63. The highest BCUT2D eigenvalue weighted by Crippen LogP contribution is 2.29. The summed E-state index contributed by atoms with van der Waals surface area (Å²) in [7, 11) is 0. The Bertz CT molecular complexity index is 556. The van der Waals surface area contributed by atoms with Crippen molar-refractivity contribution in [3.63, 3.8) is 0 Å². The first-order valence-electron chi connectivity index (χ1n) is 5.98. The highest BCUT2D eigenvalue weighted by Gasteiger charge is 2.04. The fraction of sp³-hybridized carbons (Fsp3) is 0.200. The number of hydrogen-bond donors (Lipinski definition) is 0. The van der Waals surface area contributed by atoms with Crippen LogP contribution in [-0.2, 0) is 5.88 Å². The van der Waals surface area contributed by atoms with Crippen molar-refractivity contribution >= 4 is 23.2 Å². The van der Waals surface area contributed by atoms with Crippen LogP contribution in [0.15, 0.2) is 42.5 Å². The van der Waals surface area contributed by atoms with E-state index < -0.39 is 0 Å². The SMILES string of the molecule is CCOc1cccc(Oc2ccc(CCl)c(Cl)c2)c1. The van der Waals surface area contributed by atoms with Gasteiger partial charge in [0.2, 0.25) is 0 Å². The van der Waals surface area contributed by atoms with Gasteiger partial charge in [-0.25, -0.2) is 0 Å². The lowest BCUT2D eigenvalue weighted by Gasteiger charge is -2.09. The summed E-state index contributed by atoms with van der Waals surface area (Å²) in [5, 5.41) is 0.605. The second-order valence-electron chi connectivity index (χ2n) is 3.90. The van der Waals surface area contributed by atoms with Crippen LogP contribution < -0.4 is 9.47 Å². The summed E-state index contributed by atoms with van der Waals surface area (Å²) in [6.45, 7) is 2.57. The molecule has 0 spiro atoms. The Labute approximate surface area is 122 Å². The van der Waals surface area contributed by atoms with Gasteiger partial charge in [-0.05, 0) is 36.8 Å². The molecule has 0 radical (unpaired) electrons. The van der Waals surface area contributed by atoms with Crippen molar-refractivity contribution in [2.24, 2.45) is 0 Å². The Kier molecular flexibility index (Phi) is 4.94. The van der Waals surface area contributed by atoms with E-state index in [1.165, 1.54) is 0 Å². The van der Waals surface area contributed by atoms with Crippen molar-refractivity contribution in [3.05, 3.63) is 53.1 Å². The Morgan fingerprint density at radius 1 is 1.00 bits per heavy atom. The Hall–Kier alpha value is -1.38. The summed E-state index contributed by atoms with van der Waals surface area (Å²) in [5.41, 5.74) is 0.888. The molecule has 0 N–H and O–H groups in total. The van der Waals surface area contributed by atoms with Crippen LogP contribution in [-0.4, -0.2) is 6.61 Å². The third-order valence-corrected chi connectivity index (χ3v) is 3.16. The molecule has 0 aromatic heterocycles. The normalized spacial score (nSPS) is 10.3. The number of halogens is 2. The molecule has 0 bridgehead atoms. The fourth-order valence-corrected chi connectivity index (χ4v) is 2.17. The molecule has 0 aliphatic carbocycles. The van der Waals surface area contributed by atoms with Crippen LogP contribution in [0, 0.1) is 0 Å². The van der Waals surface area contributed by atoms with Crippen LogP contribution in [0.2, 0.25) is 5.02 Å². The maximum absolute atomic E-state index is 6.09. The molecule has 0 saturated heterocycles. The van der Waals surface area contributed by atoms with E-state index in [9.17, 15) is 0 Å². The molecule has 2 nitrogen and oxygen atoms in total. The summed E-state index contributed by atoms with van der Waals surface area (Å²) in [4.78, 5) is 0. The molecule has 4 heteroatoms. The van der Waals surface area contributed by atoms with Crippen molar-refractivity contribution < 1.29 is 9.47 Å². The van der Waals surface area contributed by atoms with Gasteiger partial charge in [0.25, 0.3) is 0 Å². The van der Waals surface area contributed by atoms with Gasteiger partial charge in [0.15, 0.2) is 0 Å². The Morgan fingerprint density at radius 3 is 2.42 bits per heavy atom.